The van der Waals surface area contributed by atoms with Gasteiger partial charge >= 0.3 is 0 Å². The van der Waals surface area contributed by atoms with E-state index in [0.29, 0.717) is 17.3 Å². The summed E-state index contributed by atoms with van der Waals surface area (Å²) in [6.07, 6.45) is 5.51. The van der Waals surface area contributed by atoms with E-state index in [1.807, 2.05) is 0 Å². The van der Waals surface area contributed by atoms with Gasteiger partial charge < -0.3 is 10.2 Å². The molecule has 110 valence electrons. The molecule has 2 unspecified atom stereocenters. The van der Waals surface area contributed by atoms with Gasteiger partial charge in [-0.1, -0.05) is 19.8 Å². The van der Waals surface area contributed by atoms with Gasteiger partial charge in [-0.15, -0.1) is 0 Å². The summed E-state index contributed by atoms with van der Waals surface area (Å²) in [7, 11) is 3.48. The number of carbonyl (C=O) groups is 1. The van der Waals surface area contributed by atoms with Gasteiger partial charge in [0.15, 0.2) is 0 Å². The molecule has 1 heterocycles. The van der Waals surface area contributed by atoms with Crippen LogP contribution in [0.3, 0.4) is 0 Å². The minimum Gasteiger partial charge on any atom is -0.372 e. The maximum Gasteiger partial charge on any atom is 0.257 e. The van der Waals surface area contributed by atoms with E-state index in [4.69, 9.17) is 0 Å². The van der Waals surface area contributed by atoms with Crippen molar-refractivity contribution in [2.24, 2.45) is 5.92 Å². The highest BCUT2D eigenvalue weighted by atomic mass is 19.1. The summed E-state index contributed by atoms with van der Waals surface area (Å²) in [5.74, 6) is 0.406. The molecule has 0 spiro atoms. The Morgan fingerprint density at radius 2 is 2.25 bits per heavy atom. The van der Waals surface area contributed by atoms with Gasteiger partial charge in [-0.25, -0.2) is 9.37 Å². The van der Waals surface area contributed by atoms with Crippen LogP contribution in [0, 0.1) is 11.7 Å². The first kappa shape index (κ1) is 14.8. The summed E-state index contributed by atoms with van der Waals surface area (Å²) in [5.41, 5.74) is 0.299. The summed E-state index contributed by atoms with van der Waals surface area (Å²) in [5, 5.41) is 2.84. The van der Waals surface area contributed by atoms with E-state index in [1.165, 1.54) is 12.5 Å². The molecular formula is C15H22FN3O. The maximum atomic E-state index is 13.4. The number of aromatic nitrogens is 1. The Hall–Kier alpha value is -1.65. The molecule has 2 atom stereocenters. The smallest absolute Gasteiger partial charge is 0.257 e. The SMILES string of the molecule is CNc1ncc(F)cc1C(=O)N(C)C1CCCC(C)C1. The minimum absolute atomic E-state index is 0.166. The van der Waals surface area contributed by atoms with Crippen molar-refractivity contribution in [1.29, 1.82) is 0 Å². The molecule has 1 aromatic heterocycles. The topological polar surface area (TPSA) is 45.2 Å². The molecule has 5 heteroatoms. The quantitative estimate of drug-likeness (QED) is 0.925. The van der Waals surface area contributed by atoms with E-state index in [1.54, 1.807) is 19.0 Å². The van der Waals surface area contributed by atoms with Crippen LogP contribution in [-0.2, 0) is 0 Å². The summed E-state index contributed by atoms with van der Waals surface area (Å²) in [4.78, 5) is 18.2. The third-order valence-electron chi connectivity index (χ3n) is 4.10. The molecule has 1 saturated carbocycles. The van der Waals surface area contributed by atoms with Crippen molar-refractivity contribution in [2.45, 2.75) is 38.6 Å². The molecule has 0 radical (unpaired) electrons. The van der Waals surface area contributed by atoms with E-state index < -0.39 is 5.82 Å². The molecule has 2 rings (SSSR count). The van der Waals surface area contributed by atoms with Crippen LogP contribution in [0.4, 0.5) is 10.2 Å². The molecule has 1 N–H and O–H groups in total. The van der Waals surface area contributed by atoms with Gasteiger partial charge in [-0.2, -0.15) is 0 Å². The first-order chi connectivity index (χ1) is 9.52. The van der Waals surface area contributed by atoms with Crippen molar-refractivity contribution >= 4 is 11.7 Å². The fourth-order valence-electron chi connectivity index (χ4n) is 2.91. The van der Waals surface area contributed by atoms with Gasteiger partial charge in [0, 0.05) is 20.1 Å². The van der Waals surface area contributed by atoms with Gasteiger partial charge in [-0.05, 0) is 24.8 Å². The van der Waals surface area contributed by atoms with E-state index >= 15 is 0 Å². The van der Waals surface area contributed by atoms with Gasteiger partial charge in [-0.3, -0.25) is 4.79 Å². The van der Waals surface area contributed by atoms with Crippen molar-refractivity contribution < 1.29 is 9.18 Å². The van der Waals surface area contributed by atoms with Crippen LogP contribution in [0.15, 0.2) is 12.3 Å². The van der Waals surface area contributed by atoms with Crippen molar-refractivity contribution in [3.8, 4) is 0 Å². The van der Waals surface area contributed by atoms with E-state index in [0.717, 1.165) is 25.5 Å². The zero-order valence-electron chi connectivity index (χ0n) is 12.3. The summed E-state index contributed by atoms with van der Waals surface area (Å²) >= 11 is 0. The molecule has 0 saturated heterocycles. The molecule has 1 amide bonds. The number of halogens is 1. The van der Waals surface area contributed by atoms with Crippen LogP contribution in [-0.4, -0.2) is 35.9 Å². The van der Waals surface area contributed by atoms with Gasteiger partial charge in [0.2, 0.25) is 0 Å². The van der Waals surface area contributed by atoms with Crippen molar-refractivity contribution in [2.75, 3.05) is 19.4 Å². The highest BCUT2D eigenvalue weighted by molar-refractivity contribution is 5.98. The first-order valence-electron chi connectivity index (χ1n) is 7.13. The zero-order valence-corrected chi connectivity index (χ0v) is 12.3. The lowest BCUT2D eigenvalue weighted by atomic mass is 9.86. The zero-order chi connectivity index (χ0) is 14.7. The number of pyridine rings is 1. The number of anilines is 1. The Kier molecular flexibility index (Phi) is 4.57. The Morgan fingerprint density at radius 3 is 2.90 bits per heavy atom. The molecule has 4 nitrogen and oxygen atoms in total. The number of carbonyl (C=O) groups excluding carboxylic acids is 1. The molecular weight excluding hydrogens is 257 g/mol. The Bertz CT molecular complexity index is 492. The highest BCUT2D eigenvalue weighted by Gasteiger charge is 2.27. The van der Waals surface area contributed by atoms with Gasteiger partial charge in [0.25, 0.3) is 5.91 Å². The number of amides is 1. The number of rotatable bonds is 3. The molecule has 1 aliphatic carbocycles. The average molecular weight is 279 g/mol. The molecule has 1 aliphatic rings. The number of nitrogens with one attached hydrogen (secondary N) is 1. The monoisotopic (exact) mass is 279 g/mol. The van der Waals surface area contributed by atoms with Crippen molar-refractivity contribution in [3.05, 3.63) is 23.6 Å². The second-order valence-electron chi connectivity index (χ2n) is 5.64. The van der Waals surface area contributed by atoms with E-state index in [2.05, 4.69) is 17.2 Å². The lowest BCUT2D eigenvalue weighted by Crippen LogP contribution is -2.40. The Morgan fingerprint density at radius 1 is 1.50 bits per heavy atom. The molecule has 20 heavy (non-hydrogen) atoms. The van der Waals surface area contributed by atoms with Gasteiger partial charge in [0.05, 0.1) is 11.8 Å². The lowest BCUT2D eigenvalue weighted by Gasteiger charge is -2.34. The lowest BCUT2D eigenvalue weighted by molar-refractivity contribution is 0.0672. The standard InChI is InChI=1S/C15H22FN3O/c1-10-5-4-6-12(7-10)19(3)15(20)13-8-11(16)9-18-14(13)17-2/h8-10,12H,4-7H2,1-3H3,(H,17,18). The fourth-order valence-corrected chi connectivity index (χ4v) is 2.91. The van der Waals surface area contributed by atoms with Crippen LogP contribution >= 0.6 is 0 Å². The Labute approximate surface area is 119 Å². The normalized spacial score (nSPS) is 22.4. The largest absolute Gasteiger partial charge is 0.372 e. The van der Waals surface area contributed by atoms with Crippen LogP contribution in [0.25, 0.3) is 0 Å². The second-order valence-corrected chi connectivity index (χ2v) is 5.64. The molecule has 0 aromatic carbocycles. The van der Waals surface area contributed by atoms with E-state index in [9.17, 15) is 9.18 Å². The van der Waals surface area contributed by atoms with Crippen LogP contribution < -0.4 is 5.32 Å². The molecule has 1 fully saturated rings. The number of hydrogen-bond donors (Lipinski definition) is 1. The summed E-state index contributed by atoms with van der Waals surface area (Å²) in [6.45, 7) is 2.22. The molecule has 0 aliphatic heterocycles. The fraction of sp³-hybridized carbons (Fsp3) is 0.600. The van der Waals surface area contributed by atoms with E-state index in [-0.39, 0.29) is 11.9 Å². The molecule has 1 aromatic rings. The average Bonchev–Trinajstić information content (AvgIpc) is 2.45. The van der Waals surface area contributed by atoms with Crippen molar-refractivity contribution in [3.63, 3.8) is 0 Å². The van der Waals surface area contributed by atoms with Crippen LogP contribution in [0.2, 0.25) is 0 Å². The first-order valence-corrected chi connectivity index (χ1v) is 7.13. The maximum absolute atomic E-state index is 13.4. The predicted octanol–water partition coefficient (Wildman–Crippen LogP) is 2.91. The third-order valence-corrected chi connectivity index (χ3v) is 4.10. The Balaban J connectivity index is 2.19. The highest BCUT2D eigenvalue weighted by Crippen LogP contribution is 2.28. The van der Waals surface area contributed by atoms with Crippen LogP contribution in [0.5, 0.6) is 0 Å². The minimum atomic E-state index is -0.488. The summed E-state index contributed by atoms with van der Waals surface area (Å²) < 4.78 is 13.4. The number of hydrogen-bond acceptors (Lipinski definition) is 3. The summed E-state index contributed by atoms with van der Waals surface area (Å²) in [6, 6.07) is 1.49. The van der Waals surface area contributed by atoms with Gasteiger partial charge in [0.1, 0.15) is 11.6 Å². The van der Waals surface area contributed by atoms with Crippen molar-refractivity contribution in [1.82, 2.24) is 9.88 Å². The number of nitrogens with zero attached hydrogens (tertiary/aromatic N) is 2. The van der Waals surface area contributed by atoms with Crippen LogP contribution in [0.1, 0.15) is 43.0 Å². The predicted molar refractivity (Wildman–Crippen MR) is 77.3 cm³/mol. The second kappa shape index (κ2) is 6.20. The molecule has 0 bridgehead atoms. The third kappa shape index (κ3) is 3.08.